The lowest BCUT2D eigenvalue weighted by Gasteiger charge is -2.11. The van der Waals surface area contributed by atoms with Gasteiger partial charge in [0.1, 0.15) is 0 Å². The minimum absolute atomic E-state index is 0.0194. The van der Waals surface area contributed by atoms with Crippen LogP contribution in [-0.2, 0) is 14.6 Å². The molecule has 8 heteroatoms. The fourth-order valence-corrected chi connectivity index (χ4v) is 4.56. The summed E-state index contributed by atoms with van der Waals surface area (Å²) in [5.74, 6) is -0.849. The number of hydrogen-bond acceptors (Lipinski definition) is 4. The molecule has 0 bridgehead atoms. The van der Waals surface area contributed by atoms with E-state index >= 15 is 0 Å². The molecule has 31 heavy (non-hydrogen) atoms. The highest BCUT2D eigenvalue weighted by Gasteiger charge is 2.18. The summed E-state index contributed by atoms with van der Waals surface area (Å²) in [7, 11) is -3.52. The smallest absolute Gasteiger partial charge is 0.224 e. The molecule has 0 aromatic heterocycles. The summed E-state index contributed by atoms with van der Waals surface area (Å²) in [6.45, 7) is 0. The van der Waals surface area contributed by atoms with E-state index < -0.39 is 15.7 Å². The summed E-state index contributed by atoms with van der Waals surface area (Å²) >= 11 is 11.8. The summed E-state index contributed by atoms with van der Waals surface area (Å²) in [4.78, 5) is 25.4. The standard InChI is InChI=1S/C23H19Cl2NO4S/c24-17-8-11-19(12-9-17)31(29,30)14-4-7-22(27)26-21-13-10-18(25)15-20(21)23(28)16-5-2-1-3-6-16/h1-3,5-6,8-13,15H,4,7,14H2,(H,26,27). The molecule has 1 amide bonds. The van der Waals surface area contributed by atoms with Crippen LogP contribution in [0.4, 0.5) is 5.69 Å². The van der Waals surface area contributed by atoms with Crippen LogP contribution in [0.3, 0.4) is 0 Å². The quantitative estimate of drug-likeness (QED) is 0.441. The number of anilines is 1. The lowest BCUT2D eigenvalue weighted by molar-refractivity contribution is -0.116. The third-order valence-electron chi connectivity index (χ3n) is 4.53. The van der Waals surface area contributed by atoms with E-state index in [1.807, 2.05) is 0 Å². The summed E-state index contributed by atoms with van der Waals surface area (Å²) in [5, 5.41) is 3.50. The van der Waals surface area contributed by atoms with Crippen LogP contribution < -0.4 is 5.32 Å². The van der Waals surface area contributed by atoms with Crippen molar-refractivity contribution in [2.75, 3.05) is 11.1 Å². The van der Waals surface area contributed by atoms with E-state index in [4.69, 9.17) is 23.2 Å². The first kappa shape index (κ1) is 23.0. The van der Waals surface area contributed by atoms with Crippen LogP contribution in [0, 0.1) is 0 Å². The van der Waals surface area contributed by atoms with Gasteiger partial charge in [-0.1, -0.05) is 53.5 Å². The number of carbonyl (C=O) groups excluding carboxylic acids is 2. The van der Waals surface area contributed by atoms with Crippen LogP contribution in [0.1, 0.15) is 28.8 Å². The Morgan fingerprint density at radius 1 is 0.839 bits per heavy atom. The molecule has 0 atom stereocenters. The molecule has 0 heterocycles. The Kier molecular flexibility index (Phi) is 7.49. The normalized spacial score (nSPS) is 11.2. The molecule has 0 unspecified atom stereocenters. The average Bonchev–Trinajstić information content (AvgIpc) is 2.75. The Balaban J connectivity index is 1.66. The largest absolute Gasteiger partial charge is 0.325 e. The highest BCUT2D eigenvalue weighted by molar-refractivity contribution is 7.91. The number of hydrogen-bond donors (Lipinski definition) is 1. The summed E-state index contributed by atoms with van der Waals surface area (Å²) in [5.41, 5.74) is 1.05. The molecule has 5 nitrogen and oxygen atoms in total. The van der Waals surface area contributed by atoms with Gasteiger partial charge in [-0.3, -0.25) is 9.59 Å². The molecule has 0 aliphatic carbocycles. The first-order chi connectivity index (χ1) is 14.8. The Bertz CT molecular complexity index is 1190. The number of benzene rings is 3. The SMILES string of the molecule is O=C(CCCS(=O)(=O)c1ccc(Cl)cc1)Nc1ccc(Cl)cc1C(=O)c1ccccc1. The second-order valence-corrected chi connectivity index (χ2v) is 9.79. The second kappa shape index (κ2) is 10.1. The van der Waals surface area contributed by atoms with E-state index in [2.05, 4.69) is 5.32 Å². The van der Waals surface area contributed by atoms with Gasteiger partial charge in [0, 0.05) is 27.6 Å². The zero-order chi connectivity index (χ0) is 22.4. The molecule has 0 aliphatic heterocycles. The van der Waals surface area contributed by atoms with E-state index in [1.165, 1.54) is 30.3 Å². The number of carbonyl (C=O) groups is 2. The predicted octanol–water partition coefficient (Wildman–Crippen LogP) is 5.42. The van der Waals surface area contributed by atoms with Gasteiger partial charge in [-0.25, -0.2) is 8.42 Å². The van der Waals surface area contributed by atoms with Gasteiger partial charge in [-0.2, -0.15) is 0 Å². The zero-order valence-corrected chi connectivity index (χ0v) is 18.7. The van der Waals surface area contributed by atoms with Crippen molar-refractivity contribution < 1.29 is 18.0 Å². The van der Waals surface area contributed by atoms with Crippen LogP contribution >= 0.6 is 23.2 Å². The van der Waals surface area contributed by atoms with Crippen molar-refractivity contribution in [1.82, 2.24) is 0 Å². The van der Waals surface area contributed by atoms with Gasteiger partial charge >= 0.3 is 0 Å². The highest BCUT2D eigenvalue weighted by Crippen LogP contribution is 2.24. The summed E-state index contributed by atoms with van der Waals surface area (Å²) < 4.78 is 24.8. The topological polar surface area (TPSA) is 80.3 Å². The Morgan fingerprint density at radius 2 is 1.48 bits per heavy atom. The first-order valence-electron chi connectivity index (χ1n) is 9.44. The Labute approximate surface area is 190 Å². The maximum absolute atomic E-state index is 12.8. The lowest BCUT2D eigenvalue weighted by atomic mass is 10.0. The molecule has 3 aromatic carbocycles. The molecule has 0 radical (unpaired) electrons. The van der Waals surface area contributed by atoms with Crippen molar-refractivity contribution in [3.8, 4) is 0 Å². The lowest BCUT2D eigenvalue weighted by Crippen LogP contribution is -2.16. The van der Waals surface area contributed by atoms with Crippen LogP contribution in [-0.4, -0.2) is 25.9 Å². The third kappa shape index (κ3) is 6.17. The number of nitrogens with one attached hydrogen (secondary N) is 1. The molecule has 0 aliphatic rings. The average molecular weight is 476 g/mol. The van der Waals surface area contributed by atoms with E-state index in [-0.39, 0.29) is 34.8 Å². The van der Waals surface area contributed by atoms with Gasteiger partial charge in [-0.05, 0) is 48.9 Å². The fourth-order valence-electron chi connectivity index (χ4n) is 2.95. The molecule has 0 spiro atoms. The van der Waals surface area contributed by atoms with E-state index in [9.17, 15) is 18.0 Å². The number of halogens is 2. The van der Waals surface area contributed by atoms with Gasteiger partial charge in [0.15, 0.2) is 15.6 Å². The molecular formula is C23H19Cl2NO4S. The first-order valence-corrected chi connectivity index (χ1v) is 11.8. The van der Waals surface area contributed by atoms with E-state index in [0.717, 1.165) is 0 Å². The molecule has 0 fully saturated rings. The van der Waals surface area contributed by atoms with Crippen molar-refractivity contribution in [2.45, 2.75) is 17.7 Å². The maximum Gasteiger partial charge on any atom is 0.224 e. The zero-order valence-electron chi connectivity index (χ0n) is 16.3. The van der Waals surface area contributed by atoms with Gasteiger partial charge < -0.3 is 5.32 Å². The van der Waals surface area contributed by atoms with Gasteiger partial charge in [0.25, 0.3) is 0 Å². The fraction of sp³-hybridized carbons (Fsp3) is 0.130. The monoisotopic (exact) mass is 475 g/mol. The van der Waals surface area contributed by atoms with Crippen LogP contribution in [0.15, 0.2) is 77.7 Å². The maximum atomic E-state index is 12.8. The van der Waals surface area contributed by atoms with Crippen molar-refractivity contribution in [1.29, 1.82) is 0 Å². The molecule has 3 rings (SSSR count). The molecule has 0 saturated heterocycles. The molecule has 1 N–H and O–H groups in total. The molecular weight excluding hydrogens is 457 g/mol. The molecule has 0 saturated carbocycles. The van der Waals surface area contributed by atoms with Crippen molar-refractivity contribution in [2.24, 2.45) is 0 Å². The van der Waals surface area contributed by atoms with Crippen LogP contribution in [0.2, 0.25) is 10.0 Å². The summed E-state index contributed by atoms with van der Waals surface area (Å²) in [6.07, 6.45) is 0.112. The molecule has 3 aromatic rings. The highest BCUT2D eigenvalue weighted by atomic mass is 35.5. The minimum atomic E-state index is -3.52. The predicted molar refractivity (Wildman–Crippen MR) is 123 cm³/mol. The van der Waals surface area contributed by atoms with E-state index in [0.29, 0.717) is 21.3 Å². The van der Waals surface area contributed by atoms with Crippen LogP contribution in [0.25, 0.3) is 0 Å². The number of ketones is 1. The second-order valence-electron chi connectivity index (χ2n) is 6.81. The van der Waals surface area contributed by atoms with Gasteiger partial charge in [0.2, 0.25) is 5.91 Å². The Hall–Kier alpha value is -2.67. The number of sulfone groups is 1. The van der Waals surface area contributed by atoms with Crippen LogP contribution in [0.5, 0.6) is 0 Å². The summed E-state index contributed by atoms with van der Waals surface area (Å²) in [6, 6.07) is 19.2. The van der Waals surface area contributed by atoms with Crippen molar-refractivity contribution in [3.63, 3.8) is 0 Å². The third-order valence-corrected chi connectivity index (χ3v) is 6.83. The molecule has 160 valence electrons. The number of amides is 1. The Morgan fingerprint density at radius 3 is 2.16 bits per heavy atom. The van der Waals surface area contributed by atoms with Gasteiger partial charge in [-0.15, -0.1) is 0 Å². The van der Waals surface area contributed by atoms with Gasteiger partial charge in [0.05, 0.1) is 16.3 Å². The van der Waals surface area contributed by atoms with E-state index in [1.54, 1.807) is 42.5 Å². The number of rotatable bonds is 8. The van der Waals surface area contributed by atoms with Crippen molar-refractivity contribution in [3.05, 3.63) is 94.0 Å². The van der Waals surface area contributed by atoms with Crippen molar-refractivity contribution >= 4 is 50.4 Å². The minimum Gasteiger partial charge on any atom is -0.325 e.